The van der Waals surface area contributed by atoms with E-state index in [1.165, 1.54) is 119 Å². The van der Waals surface area contributed by atoms with Gasteiger partial charge in [0.1, 0.15) is 0 Å². The summed E-state index contributed by atoms with van der Waals surface area (Å²) in [7, 11) is -3.66. The molecule has 0 aliphatic carbocycles. The van der Waals surface area contributed by atoms with Gasteiger partial charge in [-0.1, -0.05) is 206 Å². The summed E-state index contributed by atoms with van der Waals surface area (Å²) in [5.41, 5.74) is 20.4. The summed E-state index contributed by atoms with van der Waals surface area (Å²) in [5.74, 6) is 0. The van der Waals surface area contributed by atoms with Crippen molar-refractivity contribution in [2.24, 2.45) is 0 Å². The molecule has 316 valence electrons. The van der Waals surface area contributed by atoms with Gasteiger partial charge >= 0.3 is 0 Å². The van der Waals surface area contributed by atoms with Crippen LogP contribution in [0.15, 0.2) is 172 Å². The lowest BCUT2D eigenvalue weighted by molar-refractivity contribution is 1.13. The van der Waals surface area contributed by atoms with Gasteiger partial charge in [-0.3, -0.25) is 0 Å². The standard InChI is InChI=1S/C60H63BSSi/c1-39-31-43(5)57(44(6)32-39)61(58-45(7)33-40(2)34-46(58)8)51-23-27-55(28-24-51)63(53-19-15-13-16-20-53,54-21-17-14-18-22-54)56-29-25-52(26-30-56)62(59-47(9)35-41(3)36-48(59)10)60-49(11)37-42(4)38-50(60)12/h13-38,62H,1-12H3. The highest BCUT2D eigenvalue weighted by Crippen LogP contribution is 2.56. The van der Waals surface area contributed by atoms with Crippen LogP contribution >= 0.6 is 10.9 Å². The fourth-order valence-electron chi connectivity index (χ4n) is 11.4. The van der Waals surface area contributed by atoms with E-state index in [4.69, 9.17) is 0 Å². The van der Waals surface area contributed by atoms with Crippen molar-refractivity contribution in [3.05, 3.63) is 224 Å². The van der Waals surface area contributed by atoms with Crippen LogP contribution in [-0.2, 0) is 0 Å². The van der Waals surface area contributed by atoms with Crippen LogP contribution in [-0.4, -0.2) is 14.8 Å². The molecule has 0 aromatic heterocycles. The lowest BCUT2D eigenvalue weighted by atomic mass is 9.34. The molecule has 0 aliphatic rings. The average Bonchev–Trinajstić information content (AvgIpc) is 3.23. The molecule has 8 rings (SSSR count). The third-order valence-electron chi connectivity index (χ3n) is 13.4. The van der Waals surface area contributed by atoms with Crippen molar-refractivity contribution in [1.29, 1.82) is 0 Å². The van der Waals surface area contributed by atoms with Gasteiger partial charge in [0, 0.05) is 9.79 Å². The number of benzene rings is 8. The maximum atomic E-state index is 2.50. The molecule has 0 saturated carbocycles. The van der Waals surface area contributed by atoms with Crippen molar-refractivity contribution in [1.82, 2.24) is 0 Å². The Labute approximate surface area is 383 Å². The first-order chi connectivity index (χ1) is 30.2. The van der Waals surface area contributed by atoms with E-state index in [0.717, 1.165) is 0 Å². The van der Waals surface area contributed by atoms with E-state index >= 15 is 0 Å². The first-order valence-electron chi connectivity index (χ1n) is 22.6. The topological polar surface area (TPSA) is 0 Å². The highest BCUT2D eigenvalue weighted by atomic mass is 32.2. The Kier molecular flexibility index (Phi) is 12.5. The molecule has 0 spiro atoms. The smallest absolute Gasteiger partial charge is 0.172 e. The molecular formula is C60H63BSSi. The van der Waals surface area contributed by atoms with Gasteiger partial charge in [-0.25, -0.2) is 0 Å². The average molecular weight is 855 g/mol. The van der Waals surface area contributed by atoms with Gasteiger partial charge in [0.2, 0.25) is 6.71 Å². The minimum Gasteiger partial charge on any atom is -0.172 e. The van der Waals surface area contributed by atoms with Gasteiger partial charge in [0.25, 0.3) is 0 Å². The number of thiol groups is 1. The van der Waals surface area contributed by atoms with Crippen LogP contribution in [0, 0.1) is 83.1 Å². The normalized spacial score (nSPS) is 11.8. The van der Waals surface area contributed by atoms with Crippen LogP contribution in [0.25, 0.3) is 0 Å². The van der Waals surface area contributed by atoms with E-state index in [1.807, 2.05) is 0 Å². The summed E-state index contributed by atoms with van der Waals surface area (Å²) in [4.78, 5) is 4.36. The lowest BCUT2D eigenvalue weighted by Crippen LogP contribution is -2.74. The largest absolute Gasteiger partial charge is 0.242 e. The second-order valence-corrected chi connectivity index (χ2v) is 24.4. The zero-order valence-electron chi connectivity index (χ0n) is 39.5. The van der Waals surface area contributed by atoms with E-state index in [2.05, 4.69) is 241 Å². The molecule has 8 aromatic carbocycles. The van der Waals surface area contributed by atoms with Gasteiger partial charge in [0.15, 0.2) is 8.07 Å². The molecule has 3 heteroatoms. The molecule has 0 nitrogen and oxygen atoms in total. The molecule has 0 amide bonds. The summed E-state index contributed by atoms with van der Waals surface area (Å²) in [6, 6.07) is 61.6. The molecule has 0 fully saturated rings. The van der Waals surface area contributed by atoms with Crippen molar-refractivity contribution in [3.8, 4) is 0 Å². The number of hydrogen-bond donors (Lipinski definition) is 1. The van der Waals surface area contributed by atoms with Gasteiger partial charge in [-0.2, -0.15) is 10.9 Å². The first kappa shape index (κ1) is 44.0. The van der Waals surface area contributed by atoms with Gasteiger partial charge < -0.3 is 0 Å². The maximum Gasteiger partial charge on any atom is 0.242 e. The molecule has 8 aromatic rings. The minimum atomic E-state index is -2.84. The van der Waals surface area contributed by atoms with Crippen LogP contribution in [0.2, 0.25) is 0 Å². The number of hydrogen-bond acceptors (Lipinski definition) is 0. The van der Waals surface area contributed by atoms with Crippen LogP contribution in [0.4, 0.5) is 0 Å². The molecule has 0 atom stereocenters. The fraction of sp³-hybridized carbons (Fsp3) is 0.200. The Morgan fingerprint density at radius 1 is 0.317 bits per heavy atom. The highest BCUT2D eigenvalue weighted by molar-refractivity contribution is 8.17. The van der Waals surface area contributed by atoms with Gasteiger partial charge in [-0.15, -0.1) is 0 Å². The quantitative estimate of drug-likeness (QED) is 0.0791. The maximum absolute atomic E-state index is 2.84. The monoisotopic (exact) mass is 854 g/mol. The third kappa shape index (κ3) is 8.23. The van der Waals surface area contributed by atoms with Crippen molar-refractivity contribution in [3.63, 3.8) is 0 Å². The fourth-order valence-corrected chi connectivity index (χ4v) is 18.9. The van der Waals surface area contributed by atoms with E-state index in [1.54, 1.807) is 0 Å². The molecule has 0 aliphatic heterocycles. The lowest BCUT2D eigenvalue weighted by Gasteiger charge is -2.35. The molecule has 63 heavy (non-hydrogen) atoms. The molecule has 0 bridgehead atoms. The molecule has 0 N–H and O–H groups in total. The second kappa shape index (κ2) is 17.9. The zero-order chi connectivity index (χ0) is 44.7. The SMILES string of the molecule is Cc1cc(C)c(B(c2ccc([Si](c3ccccc3)(c3ccccc3)c3ccc([SH](c4c(C)cc(C)cc4C)c4c(C)cc(C)cc4C)cc3)cc2)c2c(C)cc(C)cc2C)c(C)c1. The zero-order valence-corrected chi connectivity index (χ0v) is 41.4. The predicted octanol–water partition coefficient (Wildman–Crippen LogP) is 10.8. The minimum absolute atomic E-state index is 0.116. The van der Waals surface area contributed by atoms with E-state index in [9.17, 15) is 0 Å². The van der Waals surface area contributed by atoms with Crippen molar-refractivity contribution < 1.29 is 0 Å². The molecule has 0 saturated heterocycles. The Hall–Kier alpha value is -5.61. The molecular weight excluding hydrogens is 792 g/mol. The van der Waals surface area contributed by atoms with Crippen LogP contribution in [0.1, 0.15) is 66.8 Å². The summed E-state index contributed by atoms with van der Waals surface area (Å²) in [6.45, 7) is 27.5. The van der Waals surface area contributed by atoms with E-state index < -0.39 is 19.0 Å². The Balaban J connectivity index is 1.36. The van der Waals surface area contributed by atoms with Gasteiger partial charge in [-0.05, 0) is 143 Å². The summed E-state index contributed by atoms with van der Waals surface area (Å²) < 4.78 is 0. The number of rotatable bonds is 10. The summed E-state index contributed by atoms with van der Waals surface area (Å²) in [6.07, 6.45) is 0. The highest BCUT2D eigenvalue weighted by Gasteiger charge is 2.42. The van der Waals surface area contributed by atoms with Crippen molar-refractivity contribution in [2.75, 3.05) is 0 Å². The van der Waals surface area contributed by atoms with Crippen molar-refractivity contribution >= 4 is 62.8 Å². The molecule has 0 unspecified atom stereocenters. The van der Waals surface area contributed by atoms with Gasteiger partial charge in [0.05, 0.1) is 0 Å². The molecule has 0 radical (unpaired) electrons. The van der Waals surface area contributed by atoms with Crippen molar-refractivity contribution in [2.45, 2.75) is 97.8 Å². The van der Waals surface area contributed by atoms with Crippen LogP contribution < -0.4 is 37.1 Å². The Morgan fingerprint density at radius 3 is 0.937 bits per heavy atom. The summed E-state index contributed by atoms with van der Waals surface area (Å²) >= 11 is 0. The Morgan fingerprint density at radius 2 is 0.603 bits per heavy atom. The van der Waals surface area contributed by atoms with E-state index in [0.29, 0.717) is 0 Å². The molecule has 0 heterocycles. The van der Waals surface area contributed by atoms with Crippen LogP contribution in [0.5, 0.6) is 0 Å². The predicted molar refractivity (Wildman–Crippen MR) is 281 cm³/mol. The van der Waals surface area contributed by atoms with E-state index in [-0.39, 0.29) is 6.71 Å². The number of aryl methyl sites for hydroxylation is 12. The van der Waals surface area contributed by atoms with Crippen LogP contribution in [0.3, 0.4) is 0 Å². The Bertz CT molecular complexity index is 2540. The first-order valence-corrected chi connectivity index (χ1v) is 26.0. The summed E-state index contributed by atoms with van der Waals surface area (Å²) in [5, 5.41) is 5.57. The second-order valence-electron chi connectivity index (χ2n) is 18.5. The third-order valence-corrected chi connectivity index (χ3v) is 21.3.